The number of carbonyl (C=O) groups is 6. The number of nitrogens with zero attached hydrogens (tertiary/aromatic N) is 3. The minimum absolute atomic E-state index is 0. The van der Waals surface area contributed by atoms with E-state index in [-0.39, 0.29) is 167 Å². The molecule has 0 amide bonds. The first-order valence-electron chi connectivity index (χ1n) is 21.3. The number of carbonyl (C=O) groups excluding carboxylic acids is 1. The van der Waals surface area contributed by atoms with Crippen molar-refractivity contribution in [3.63, 3.8) is 0 Å². The molecule has 0 bridgehead atoms. The number of oxazole rings is 1. The molecule has 0 fully saturated rings. The molecule has 1 aliphatic heterocycles. The number of ether oxygens (including phenoxy) is 2. The third-order valence-electron chi connectivity index (χ3n) is 10.7. The van der Waals surface area contributed by atoms with Crippen LogP contribution in [-0.4, -0.2) is 111 Å². The number of aromatic nitrogens is 1. The van der Waals surface area contributed by atoms with E-state index in [1.165, 1.54) is 36.4 Å². The Balaban J connectivity index is 0.000000354. The maximum atomic E-state index is 12.4. The number of hydrogen-bond donors (Lipinski definition) is 5. The van der Waals surface area contributed by atoms with Gasteiger partial charge in [-0.1, -0.05) is 6.07 Å². The number of aromatic carboxylic acids is 2. The van der Waals surface area contributed by atoms with Crippen molar-refractivity contribution in [2.75, 3.05) is 49.2 Å². The fraction of sp³-hybridized carbons (Fsp3) is 0.143. The van der Waals surface area contributed by atoms with Gasteiger partial charge in [-0.25, -0.2) is 9.78 Å². The second-order valence-electron chi connectivity index (χ2n) is 15.9. The predicted molar refractivity (Wildman–Crippen MR) is 263 cm³/mol. The van der Waals surface area contributed by atoms with Crippen LogP contribution in [0.2, 0.25) is 0 Å². The number of rotatable bonds is 19. The summed E-state index contributed by atoms with van der Waals surface area (Å²) >= 11 is 6.47. The largest absolute Gasteiger partial charge is 1.00 e. The molecule has 28 heteroatoms. The summed E-state index contributed by atoms with van der Waals surface area (Å²) in [5.41, 5.74) is 2.85. The standard InChI is InChI=1S/C29H27N3O14.C20H9Br2O5.Hg.2Na.H2O/c1-15-2-3-17(31(11-24(33)34)12-25(35)36)20(6-15)43-4-5-44-21-7-16-8-22(28-30-10-23(46-28)29(41)42)45-19(16)9-18(21)32(13-26(37)38)14-27(39)40;21-13-5-11-17(7-15(13)23)27-18-8-16(24)14(22)6-12(18)19(11)9-3-1-2-4-10(9)20(25)26;;;;/h2-3,6-10H,4-5,11-14H2,1H3,(H,33,34)(H,35,36)(H,37,38)(H,39,40)(H,41,42);1-7,24H,(H,25,26);;;;1H2/q;;;2*+1;/p-2. The first kappa shape index (κ1) is 63.5. The summed E-state index contributed by atoms with van der Waals surface area (Å²) in [6.07, 6.45) is 0.995. The Kier molecular flexibility index (Phi) is 22.7. The Morgan fingerprint density at radius 3 is 1.86 bits per heavy atom. The summed E-state index contributed by atoms with van der Waals surface area (Å²) < 4.78 is 29.9. The smallest absolute Gasteiger partial charge is 1.00 e. The molecule has 23 nitrogen and oxygen atoms in total. The zero-order valence-corrected chi connectivity index (χ0v) is 53.3. The Hall–Kier alpha value is -6.00. The van der Waals surface area contributed by atoms with Crippen LogP contribution >= 0.6 is 31.9 Å². The Morgan fingerprint density at radius 1 is 0.701 bits per heavy atom. The summed E-state index contributed by atoms with van der Waals surface area (Å²) in [4.78, 5) is 87.0. The first-order valence-corrected chi connectivity index (χ1v) is 25.7. The van der Waals surface area contributed by atoms with Crippen LogP contribution in [0.15, 0.2) is 112 Å². The Labute approximate surface area is 510 Å². The fourth-order valence-electron chi connectivity index (χ4n) is 7.63. The maximum Gasteiger partial charge on any atom is 1.00 e. The molecule has 77 heavy (non-hydrogen) atoms. The molecule has 8 rings (SSSR count). The molecular formula is C49H36Br2HgN3Na2O20. The number of carboxylic acids is 6. The van der Waals surface area contributed by atoms with E-state index < -0.39 is 67.8 Å². The van der Waals surface area contributed by atoms with Crippen molar-refractivity contribution in [2.45, 2.75) is 6.92 Å². The third kappa shape index (κ3) is 15.2. The van der Waals surface area contributed by atoms with E-state index in [4.69, 9.17) is 27.8 Å². The molecule has 0 atom stereocenters. The van der Waals surface area contributed by atoms with E-state index in [0.29, 0.717) is 45.1 Å². The summed E-state index contributed by atoms with van der Waals surface area (Å²) in [5.74, 6) is -7.98. The zero-order valence-electron chi connectivity index (χ0n) is 40.6. The van der Waals surface area contributed by atoms with E-state index in [1.54, 1.807) is 49.4 Å². The fourth-order valence-corrected chi connectivity index (χ4v) is 11.2. The van der Waals surface area contributed by atoms with Crippen LogP contribution in [0.3, 0.4) is 0 Å². The van der Waals surface area contributed by atoms with Gasteiger partial charge in [0.2, 0.25) is 5.76 Å². The quantitative estimate of drug-likeness (QED) is 0.0345. The van der Waals surface area contributed by atoms with E-state index in [9.17, 15) is 64.2 Å². The van der Waals surface area contributed by atoms with Gasteiger partial charge in [-0.2, -0.15) is 0 Å². The molecule has 1 aliphatic carbocycles. The van der Waals surface area contributed by atoms with Crippen LogP contribution in [0.1, 0.15) is 26.5 Å². The molecule has 0 radical (unpaired) electrons. The maximum absolute atomic E-state index is 12.4. The molecule has 2 aromatic heterocycles. The van der Waals surface area contributed by atoms with Crippen molar-refractivity contribution in [3.8, 4) is 51.4 Å². The van der Waals surface area contributed by atoms with Gasteiger partial charge in [-0.15, -0.1) is 0 Å². The number of benzene rings is 5. The summed E-state index contributed by atoms with van der Waals surface area (Å²) in [7, 11) is 0. The van der Waals surface area contributed by atoms with E-state index in [2.05, 4.69) is 36.8 Å². The molecule has 0 saturated carbocycles. The number of fused-ring (bicyclic) bond motifs is 3. The van der Waals surface area contributed by atoms with Gasteiger partial charge in [-0.3, -0.25) is 19.2 Å². The molecule has 6 aromatic rings. The van der Waals surface area contributed by atoms with Crippen LogP contribution in [-0.2, 0) is 45.3 Å². The summed E-state index contributed by atoms with van der Waals surface area (Å²) in [6.45, 7) is -1.20. The van der Waals surface area contributed by atoms with Crippen molar-refractivity contribution in [1.29, 1.82) is 0 Å². The number of anilines is 2. The van der Waals surface area contributed by atoms with Gasteiger partial charge in [0.25, 0.3) is 5.89 Å². The van der Waals surface area contributed by atoms with Crippen LogP contribution in [0, 0.1) is 6.92 Å². The summed E-state index contributed by atoms with van der Waals surface area (Å²) in [5, 5.41) is 71.7. The normalized spacial score (nSPS) is 10.6. The zero-order chi connectivity index (χ0) is 53.7. The van der Waals surface area contributed by atoms with E-state index >= 15 is 0 Å². The van der Waals surface area contributed by atoms with Gasteiger partial charge in [0.15, 0.2) is 5.76 Å². The molecule has 0 spiro atoms. The average molecular weight is 1390 g/mol. The third-order valence-corrected chi connectivity index (χ3v) is 14.4. The molecule has 0 unspecified atom stereocenters. The van der Waals surface area contributed by atoms with Crippen molar-refractivity contribution in [1.82, 2.24) is 4.98 Å². The van der Waals surface area contributed by atoms with Crippen molar-refractivity contribution >= 4 is 104 Å². The minimum Gasteiger partial charge on any atom is 1.00 e. The number of furan rings is 1. The van der Waals surface area contributed by atoms with E-state index in [1.807, 2.05) is 0 Å². The topological polar surface area (TPSA) is 376 Å². The van der Waals surface area contributed by atoms with Crippen molar-refractivity contribution in [3.05, 3.63) is 121 Å². The van der Waals surface area contributed by atoms with Gasteiger partial charge in [0.1, 0.15) is 56.5 Å². The molecule has 385 valence electrons. The molecular weight excluding hydrogens is 1360 g/mol. The number of carboxylic acid groups (broad SMARTS) is 6. The summed E-state index contributed by atoms with van der Waals surface area (Å²) in [6, 6.07) is 20.1. The average Bonchev–Trinajstić information content (AvgIpc) is 4.00. The number of halogens is 2. The van der Waals surface area contributed by atoms with E-state index in [0.717, 1.165) is 21.6 Å². The van der Waals surface area contributed by atoms with Gasteiger partial charge in [0, 0.05) is 11.5 Å². The van der Waals surface area contributed by atoms with Crippen LogP contribution < -0.4 is 97.1 Å². The van der Waals surface area contributed by atoms with Crippen molar-refractivity contribution < 1.29 is 178 Å². The van der Waals surface area contributed by atoms with Crippen LogP contribution in [0.25, 0.3) is 56.0 Å². The monoisotopic (exact) mass is 1390 g/mol. The van der Waals surface area contributed by atoms with Gasteiger partial charge < -0.3 is 59.1 Å². The second-order valence-corrected chi connectivity index (χ2v) is 20.3. The van der Waals surface area contributed by atoms with Crippen LogP contribution in [0.4, 0.5) is 11.4 Å². The van der Waals surface area contributed by atoms with Gasteiger partial charge >= 0.3 is 282 Å². The molecule has 4 aromatic carbocycles. The van der Waals surface area contributed by atoms with Gasteiger partial charge in [0.05, 0.1) is 17.6 Å². The SMILES string of the molecule is Cc1ccc(N(CC(=O)O)CC(=O)O)c(OCCOc2cc3cc(-c4ncc(C(=O)O)o4)oc3cc2N(CC(=O)O)CC(=O)O)c1.O.O=C([O-])c1ccccc1-c1c2cc(Br)c(=O)cc-2oc2[c]([Hg])c([O-])c(Br)cc12.[Na+].[Na+]. The van der Waals surface area contributed by atoms with Crippen LogP contribution in [0.5, 0.6) is 17.2 Å². The molecule has 7 N–H and O–H groups in total. The predicted octanol–water partition coefficient (Wildman–Crippen LogP) is -1.61. The number of aryl methyl sites for hydroxylation is 1. The first-order chi connectivity index (χ1) is 35.1. The minimum atomic E-state index is -1.35. The Bertz CT molecular complexity index is 3550. The molecule has 3 heterocycles. The molecule has 2 aliphatic rings. The van der Waals surface area contributed by atoms with Gasteiger partial charge in [-0.05, 0) is 36.8 Å². The second kappa shape index (κ2) is 27.5. The number of hydrogen-bond acceptors (Lipinski definition) is 17. The molecule has 0 saturated heterocycles. The number of aliphatic carboxylic acids is 4. The Morgan fingerprint density at radius 2 is 1.29 bits per heavy atom. The van der Waals surface area contributed by atoms with Crippen molar-refractivity contribution in [2.24, 2.45) is 0 Å².